The third-order valence-electron chi connectivity index (χ3n) is 12.3. The highest BCUT2D eigenvalue weighted by Gasteiger charge is 2.53. The summed E-state index contributed by atoms with van der Waals surface area (Å²) in [6.07, 6.45) is 4.53. The Morgan fingerprint density at radius 3 is 1.89 bits per heavy atom. The van der Waals surface area contributed by atoms with Crippen molar-refractivity contribution < 1.29 is 32.6 Å². The van der Waals surface area contributed by atoms with Crippen molar-refractivity contribution in [2.24, 2.45) is 11.8 Å². The standard InChI is InChI=1S/C46H72O7Si2/c1-33(43(53-54(13,14)44(3,4)5)34(2)40(47)31-36-26-27-37(51-36)32-50-46(9,10)49-12)29-35-25-28-41(42(30-35)48-11)52-55(45(6,7)8,38-21-17-15-18-22-38)39-23-19-16-20-24-39/h15-24,26-27,29,34-35,40-43,47H,25,28,30-32H2,1-14H3/b33-29+/t34-,35+,40+,41-,42-,43-/m1/s1. The zero-order valence-electron chi connectivity index (χ0n) is 36.4. The van der Waals surface area contributed by atoms with Crippen LogP contribution < -0.4 is 10.4 Å². The molecule has 0 aliphatic heterocycles. The van der Waals surface area contributed by atoms with Gasteiger partial charge in [0, 0.05) is 26.6 Å². The summed E-state index contributed by atoms with van der Waals surface area (Å²) in [5, 5.41) is 14.2. The van der Waals surface area contributed by atoms with Crippen molar-refractivity contribution in [3.8, 4) is 0 Å². The van der Waals surface area contributed by atoms with Crippen LogP contribution in [0.1, 0.15) is 100 Å². The second-order valence-electron chi connectivity index (χ2n) is 18.8. The van der Waals surface area contributed by atoms with Crippen molar-refractivity contribution in [2.45, 2.75) is 155 Å². The van der Waals surface area contributed by atoms with E-state index in [1.165, 1.54) is 10.4 Å². The van der Waals surface area contributed by atoms with Crippen LogP contribution in [-0.2, 0) is 36.1 Å². The van der Waals surface area contributed by atoms with Gasteiger partial charge in [-0.2, -0.15) is 0 Å². The van der Waals surface area contributed by atoms with Gasteiger partial charge in [0.05, 0.1) is 24.4 Å². The fourth-order valence-electron chi connectivity index (χ4n) is 7.67. The van der Waals surface area contributed by atoms with Gasteiger partial charge < -0.3 is 32.6 Å². The molecule has 1 aliphatic carbocycles. The maximum atomic E-state index is 11.7. The number of benzene rings is 2. The molecular weight excluding hydrogens is 721 g/mol. The summed E-state index contributed by atoms with van der Waals surface area (Å²) >= 11 is 0. The minimum Gasteiger partial charge on any atom is -0.464 e. The van der Waals surface area contributed by atoms with Crippen LogP contribution in [0.5, 0.6) is 0 Å². The zero-order valence-corrected chi connectivity index (χ0v) is 38.4. The molecule has 0 bridgehead atoms. The largest absolute Gasteiger partial charge is 0.464 e. The van der Waals surface area contributed by atoms with Crippen LogP contribution in [0.25, 0.3) is 0 Å². The quantitative estimate of drug-likeness (QED) is 0.0829. The van der Waals surface area contributed by atoms with Gasteiger partial charge in [-0.05, 0) is 97.2 Å². The zero-order chi connectivity index (χ0) is 40.8. The number of allylic oxidation sites excluding steroid dienone is 1. The van der Waals surface area contributed by atoms with Crippen LogP contribution in [0.15, 0.2) is 88.9 Å². The normalized spacial score (nSPS) is 21.0. The van der Waals surface area contributed by atoms with Gasteiger partial charge in [0.15, 0.2) is 14.1 Å². The Balaban J connectivity index is 1.58. The number of aliphatic hydroxyl groups excluding tert-OH is 1. The highest BCUT2D eigenvalue weighted by Crippen LogP contribution is 2.42. The van der Waals surface area contributed by atoms with E-state index in [9.17, 15) is 5.11 Å². The summed E-state index contributed by atoms with van der Waals surface area (Å²) in [7, 11) is -1.50. The number of rotatable bonds is 17. The van der Waals surface area contributed by atoms with Crippen molar-refractivity contribution in [2.75, 3.05) is 14.2 Å². The third kappa shape index (κ3) is 11.2. The maximum absolute atomic E-state index is 11.7. The molecule has 7 nitrogen and oxygen atoms in total. The number of hydrogen-bond acceptors (Lipinski definition) is 7. The third-order valence-corrected chi connectivity index (χ3v) is 21.8. The number of ether oxygens (including phenoxy) is 3. The van der Waals surface area contributed by atoms with Crippen molar-refractivity contribution in [3.05, 3.63) is 96.0 Å². The topological polar surface area (TPSA) is 79.5 Å². The van der Waals surface area contributed by atoms with Gasteiger partial charge >= 0.3 is 0 Å². The van der Waals surface area contributed by atoms with E-state index in [2.05, 4.69) is 135 Å². The minimum atomic E-state index is -2.74. The number of furan rings is 1. The molecule has 2 aromatic carbocycles. The molecule has 306 valence electrons. The molecule has 1 saturated carbocycles. The first kappa shape index (κ1) is 45.4. The van der Waals surface area contributed by atoms with Crippen LogP contribution in [0.3, 0.4) is 0 Å². The van der Waals surface area contributed by atoms with E-state index in [4.69, 9.17) is 27.5 Å². The van der Waals surface area contributed by atoms with Crippen LogP contribution in [0, 0.1) is 11.8 Å². The second-order valence-corrected chi connectivity index (χ2v) is 27.8. The minimum absolute atomic E-state index is 0.0135. The average Bonchev–Trinajstić information content (AvgIpc) is 3.59. The highest BCUT2D eigenvalue weighted by molar-refractivity contribution is 6.99. The summed E-state index contributed by atoms with van der Waals surface area (Å²) in [5.41, 5.74) is 1.16. The summed E-state index contributed by atoms with van der Waals surface area (Å²) < 4.78 is 38.4. The lowest BCUT2D eigenvalue weighted by Crippen LogP contribution is -2.68. The van der Waals surface area contributed by atoms with Gasteiger partial charge in [-0.1, -0.05) is 115 Å². The molecule has 55 heavy (non-hydrogen) atoms. The molecule has 0 radical (unpaired) electrons. The predicted molar refractivity (Wildman–Crippen MR) is 230 cm³/mol. The maximum Gasteiger partial charge on any atom is 0.261 e. The summed E-state index contributed by atoms with van der Waals surface area (Å²) in [6, 6.07) is 25.6. The molecule has 1 fully saturated rings. The first-order chi connectivity index (χ1) is 25.6. The molecular formula is C46H72O7Si2. The molecule has 0 saturated heterocycles. The van der Waals surface area contributed by atoms with Crippen LogP contribution >= 0.6 is 0 Å². The van der Waals surface area contributed by atoms with E-state index in [-0.39, 0.29) is 34.3 Å². The lowest BCUT2D eigenvalue weighted by atomic mass is 9.82. The summed E-state index contributed by atoms with van der Waals surface area (Å²) in [5.74, 6) is 0.839. The fourth-order valence-corrected chi connectivity index (χ4v) is 13.8. The first-order valence-corrected chi connectivity index (χ1v) is 25.1. The molecule has 0 spiro atoms. The van der Waals surface area contributed by atoms with Crippen LogP contribution in [0.4, 0.5) is 0 Å². The molecule has 0 unspecified atom stereocenters. The molecule has 1 N–H and O–H groups in total. The Labute approximate surface area is 335 Å². The van der Waals surface area contributed by atoms with Gasteiger partial charge in [-0.25, -0.2) is 0 Å². The first-order valence-electron chi connectivity index (χ1n) is 20.3. The second kappa shape index (κ2) is 18.5. The molecule has 4 rings (SSSR count). The van der Waals surface area contributed by atoms with E-state index in [1.54, 1.807) is 7.11 Å². The number of hydrogen-bond donors (Lipinski definition) is 1. The van der Waals surface area contributed by atoms with E-state index >= 15 is 0 Å². The lowest BCUT2D eigenvalue weighted by molar-refractivity contribution is -0.206. The van der Waals surface area contributed by atoms with Crippen molar-refractivity contribution in [1.82, 2.24) is 0 Å². The molecule has 9 heteroatoms. The molecule has 3 aromatic rings. The van der Waals surface area contributed by atoms with Gasteiger partial charge in [-0.15, -0.1) is 0 Å². The monoisotopic (exact) mass is 792 g/mol. The number of aliphatic hydroxyl groups is 1. The SMILES string of the molecule is CO[C@@H]1C[C@H](/C=C(\C)[C@@H](O[Si](C)(C)C(C)(C)C)[C@H](C)[C@@H](O)Cc2ccc(COC(C)(C)OC)o2)CC[C@H]1O[Si](c1ccccc1)(c1ccccc1)C(C)(C)C. The van der Waals surface area contributed by atoms with Crippen molar-refractivity contribution >= 4 is 27.0 Å². The molecule has 0 amide bonds. The Bertz CT molecular complexity index is 1600. The fraction of sp³-hybridized carbons (Fsp3) is 0.609. The van der Waals surface area contributed by atoms with Gasteiger partial charge in [0.25, 0.3) is 8.32 Å². The van der Waals surface area contributed by atoms with Crippen LogP contribution in [0.2, 0.25) is 23.2 Å². The lowest BCUT2D eigenvalue weighted by Gasteiger charge is -2.48. The van der Waals surface area contributed by atoms with Gasteiger partial charge in [-0.3, -0.25) is 0 Å². The molecule has 1 aromatic heterocycles. The average molecular weight is 793 g/mol. The highest BCUT2D eigenvalue weighted by atomic mass is 28.4. The predicted octanol–water partition coefficient (Wildman–Crippen LogP) is 9.82. The van der Waals surface area contributed by atoms with E-state index in [0.717, 1.165) is 30.6 Å². The Morgan fingerprint density at radius 2 is 1.38 bits per heavy atom. The van der Waals surface area contributed by atoms with Crippen LogP contribution in [-0.4, -0.2) is 66.2 Å². The van der Waals surface area contributed by atoms with Gasteiger partial charge in [0.2, 0.25) is 0 Å². The molecule has 6 atom stereocenters. The number of methoxy groups -OCH3 is 2. The molecule has 1 aliphatic rings. The Morgan fingerprint density at radius 1 is 0.818 bits per heavy atom. The Kier molecular flexibility index (Phi) is 15.3. The van der Waals surface area contributed by atoms with Gasteiger partial charge in [0.1, 0.15) is 18.1 Å². The molecule has 1 heterocycles. The smallest absolute Gasteiger partial charge is 0.261 e. The van der Waals surface area contributed by atoms with E-state index in [1.807, 2.05) is 33.1 Å². The summed E-state index contributed by atoms with van der Waals surface area (Å²) in [6.45, 7) is 26.7. The van der Waals surface area contributed by atoms with E-state index in [0.29, 0.717) is 24.7 Å². The van der Waals surface area contributed by atoms with Crippen molar-refractivity contribution in [1.29, 1.82) is 0 Å². The van der Waals surface area contributed by atoms with Crippen molar-refractivity contribution in [3.63, 3.8) is 0 Å². The Hall–Kier alpha value is -2.35. The summed E-state index contributed by atoms with van der Waals surface area (Å²) in [4.78, 5) is 0. The van der Waals surface area contributed by atoms with E-state index < -0.39 is 28.5 Å².